The number of halogens is 1. The molecule has 31 heavy (non-hydrogen) atoms. The lowest BCUT2D eigenvalue weighted by Crippen LogP contribution is -2.36. The molecule has 0 spiro atoms. The van der Waals surface area contributed by atoms with E-state index in [2.05, 4.69) is 23.5 Å². The molecule has 1 N–H and O–H groups in total. The van der Waals surface area contributed by atoms with Gasteiger partial charge in [0.2, 0.25) is 10.0 Å². The molecule has 0 saturated carbocycles. The number of nitrogens with zero attached hydrogens (tertiary/aromatic N) is 1. The molecule has 172 valence electrons. The second kappa shape index (κ2) is 11.2. The number of benzene rings is 2. The van der Waals surface area contributed by atoms with Crippen molar-refractivity contribution in [1.29, 1.82) is 0 Å². The molecule has 0 unspecified atom stereocenters. The summed E-state index contributed by atoms with van der Waals surface area (Å²) in [5.41, 5.74) is 1.29. The lowest BCUT2D eigenvalue weighted by molar-refractivity contribution is 0.175. The molecule has 0 aliphatic carbocycles. The molecule has 0 aliphatic rings. The summed E-state index contributed by atoms with van der Waals surface area (Å²) in [6, 6.07) is 10.2. The third kappa shape index (κ3) is 7.91. The summed E-state index contributed by atoms with van der Waals surface area (Å²) >= 11 is 0. The van der Waals surface area contributed by atoms with Gasteiger partial charge in [-0.3, -0.25) is 9.62 Å². The van der Waals surface area contributed by atoms with E-state index in [1.807, 2.05) is 18.2 Å². The van der Waals surface area contributed by atoms with Gasteiger partial charge in [-0.15, -0.1) is 0 Å². The number of nitrogens with one attached hydrogen (secondary N) is 1. The summed E-state index contributed by atoms with van der Waals surface area (Å²) in [6.45, 7) is 5.92. The average Bonchev–Trinajstić information content (AvgIpc) is 2.70. The van der Waals surface area contributed by atoms with Gasteiger partial charge in [-0.25, -0.2) is 12.8 Å². The van der Waals surface area contributed by atoms with E-state index in [0.29, 0.717) is 24.7 Å². The predicted octanol–water partition coefficient (Wildman–Crippen LogP) is 3.55. The largest absolute Gasteiger partial charge is 0.493 e. The molecule has 2 rings (SSSR count). The summed E-state index contributed by atoms with van der Waals surface area (Å²) in [5, 5.41) is 0. The molecule has 2 aromatic rings. The van der Waals surface area contributed by atoms with Crippen molar-refractivity contribution >= 4 is 15.7 Å². The first-order valence-corrected chi connectivity index (χ1v) is 11.9. The van der Waals surface area contributed by atoms with Crippen LogP contribution in [-0.2, 0) is 16.4 Å². The summed E-state index contributed by atoms with van der Waals surface area (Å²) in [7, 11) is -0.240. The van der Waals surface area contributed by atoms with Crippen LogP contribution in [0.5, 0.6) is 17.2 Å². The molecule has 0 radical (unpaired) electrons. The van der Waals surface area contributed by atoms with Gasteiger partial charge in [0.25, 0.3) is 0 Å². The fourth-order valence-electron chi connectivity index (χ4n) is 3.11. The first kappa shape index (κ1) is 24.7. The van der Waals surface area contributed by atoms with Crippen molar-refractivity contribution in [2.75, 3.05) is 44.9 Å². The van der Waals surface area contributed by atoms with Gasteiger partial charge in [0.05, 0.1) is 26.2 Å². The molecule has 9 heteroatoms. The monoisotopic (exact) mass is 454 g/mol. The number of methoxy groups -OCH3 is 2. The fraction of sp³-hybridized carbons (Fsp3) is 0.455. The third-order valence-corrected chi connectivity index (χ3v) is 5.34. The third-order valence-electron chi connectivity index (χ3n) is 4.74. The van der Waals surface area contributed by atoms with Crippen molar-refractivity contribution in [3.05, 3.63) is 47.8 Å². The Hall–Kier alpha value is -2.52. The van der Waals surface area contributed by atoms with Crippen LogP contribution in [0.25, 0.3) is 0 Å². The topological polar surface area (TPSA) is 77.1 Å². The first-order valence-electron chi connectivity index (χ1n) is 9.98. The van der Waals surface area contributed by atoms with Crippen LogP contribution < -0.4 is 18.9 Å². The SMILES string of the molecule is COc1ccc(CCN(CCOc2ccc(NS(C)(=O)=O)cc2F)C(C)C)cc1OC. The van der Waals surface area contributed by atoms with Gasteiger partial charge in [-0.2, -0.15) is 0 Å². The van der Waals surface area contributed by atoms with Crippen LogP contribution in [0.1, 0.15) is 19.4 Å². The van der Waals surface area contributed by atoms with Gasteiger partial charge in [0, 0.05) is 25.2 Å². The fourth-order valence-corrected chi connectivity index (χ4v) is 3.66. The van der Waals surface area contributed by atoms with Gasteiger partial charge < -0.3 is 14.2 Å². The van der Waals surface area contributed by atoms with E-state index in [9.17, 15) is 12.8 Å². The molecular weight excluding hydrogens is 423 g/mol. The normalized spacial score (nSPS) is 11.6. The molecule has 2 aromatic carbocycles. The summed E-state index contributed by atoms with van der Waals surface area (Å²) < 4.78 is 55.2. The van der Waals surface area contributed by atoms with Crippen LogP contribution in [0, 0.1) is 5.82 Å². The molecular formula is C22H31FN2O5S. The Balaban J connectivity index is 1.91. The highest BCUT2D eigenvalue weighted by Gasteiger charge is 2.13. The van der Waals surface area contributed by atoms with E-state index in [4.69, 9.17) is 14.2 Å². The minimum Gasteiger partial charge on any atom is -0.493 e. The van der Waals surface area contributed by atoms with E-state index in [1.54, 1.807) is 14.2 Å². The smallest absolute Gasteiger partial charge is 0.229 e. The zero-order valence-electron chi connectivity index (χ0n) is 18.6. The van der Waals surface area contributed by atoms with Gasteiger partial charge in [-0.1, -0.05) is 6.07 Å². The predicted molar refractivity (Wildman–Crippen MR) is 120 cm³/mol. The van der Waals surface area contributed by atoms with E-state index in [-0.39, 0.29) is 17.5 Å². The first-order chi connectivity index (χ1) is 14.6. The standard InChI is InChI=1S/C22H31FN2O5S/c1-16(2)25(11-10-17-6-8-21(28-3)22(14-17)29-4)12-13-30-20-9-7-18(15-19(20)23)24-31(5,26)27/h6-9,14-16,24H,10-13H2,1-5H3. The molecule has 7 nitrogen and oxygen atoms in total. The summed E-state index contributed by atoms with van der Waals surface area (Å²) in [4.78, 5) is 2.24. The second-order valence-electron chi connectivity index (χ2n) is 7.44. The highest BCUT2D eigenvalue weighted by atomic mass is 32.2. The quantitative estimate of drug-likeness (QED) is 0.529. The number of ether oxygens (including phenoxy) is 3. The zero-order valence-corrected chi connectivity index (χ0v) is 19.5. The minimum atomic E-state index is -3.46. The van der Waals surface area contributed by atoms with Crippen molar-refractivity contribution in [3.63, 3.8) is 0 Å². The highest BCUT2D eigenvalue weighted by molar-refractivity contribution is 7.92. The van der Waals surface area contributed by atoms with E-state index in [1.165, 1.54) is 12.1 Å². The van der Waals surface area contributed by atoms with Gasteiger partial charge in [0.1, 0.15) is 6.61 Å². The maximum Gasteiger partial charge on any atom is 0.229 e. The Morgan fingerprint density at radius 2 is 1.68 bits per heavy atom. The van der Waals surface area contributed by atoms with Gasteiger partial charge in [-0.05, 0) is 50.1 Å². The molecule has 0 aromatic heterocycles. The van der Waals surface area contributed by atoms with Crippen molar-refractivity contribution in [1.82, 2.24) is 4.90 Å². The molecule has 0 atom stereocenters. The van der Waals surface area contributed by atoms with E-state index >= 15 is 0 Å². The van der Waals surface area contributed by atoms with Crippen molar-refractivity contribution in [3.8, 4) is 17.2 Å². The van der Waals surface area contributed by atoms with E-state index in [0.717, 1.165) is 30.9 Å². The maximum atomic E-state index is 14.2. The lowest BCUT2D eigenvalue weighted by atomic mass is 10.1. The molecule has 0 bridgehead atoms. The molecule has 0 aliphatic heterocycles. The van der Waals surface area contributed by atoms with Crippen LogP contribution in [0.15, 0.2) is 36.4 Å². The van der Waals surface area contributed by atoms with Crippen LogP contribution in [0.4, 0.5) is 10.1 Å². The Morgan fingerprint density at radius 1 is 1.00 bits per heavy atom. The molecule has 0 amide bonds. The average molecular weight is 455 g/mol. The molecule has 0 heterocycles. The van der Waals surface area contributed by atoms with Crippen molar-refractivity contribution in [2.24, 2.45) is 0 Å². The van der Waals surface area contributed by atoms with E-state index < -0.39 is 15.8 Å². The number of sulfonamides is 1. The van der Waals surface area contributed by atoms with Crippen molar-refractivity contribution < 1.29 is 27.0 Å². The van der Waals surface area contributed by atoms with Crippen LogP contribution in [0.3, 0.4) is 0 Å². The zero-order chi connectivity index (χ0) is 23.0. The number of rotatable bonds is 12. The molecule has 0 saturated heterocycles. The second-order valence-corrected chi connectivity index (χ2v) is 9.19. The maximum absolute atomic E-state index is 14.2. The summed E-state index contributed by atoms with van der Waals surface area (Å²) in [5.74, 6) is 0.863. The lowest BCUT2D eigenvalue weighted by Gasteiger charge is -2.26. The van der Waals surface area contributed by atoms with Crippen molar-refractivity contribution in [2.45, 2.75) is 26.3 Å². The summed E-state index contributed by atoms with van der Waals surface area (Å²) in [6.07, 6.45) is 1.83. The Labute approximate surface area is 184 Å². The Morgan fingerprint density at radius 3 is 2.26 bits per heavy atom. The Kier molecular flexibility index (Phi) is 8.94. The minimum absolute atomic E-state index is 0.0858. The van der Waals surface area contributed by atoms with Crippen LogP contribution in [0.2, 0.25) is 0 Å². The van der Waals surface area contributed by atoms with Crippen LogP contribution in [-0.4, -0.2) is 59.5 Å². The van der Waals surface area contributed by atoms with Gasteiger partial charge >= 0.3 is 0 Å². The Bertz CT molecular complexity index is 966. The van der Waals surface area contributed by atoms with Gasteiger partial charge in [0.15, 0.2) is 23.1 Å². The highest BCUT2D eigenvalue weighted by Crippen LogP contribution is 2.28. The number of hydrogen-bond donors (Lipinski definition) is 1. The molecule has 0 fully saturated rings. The number of anilines is 1. The van der Waals surface area contributed by atoms with Crippen LogP contribution >= 0.6 is 0 Å². The number of hydrogen-bond acceptors (Lipinski definition) is 6.